The number of hydrogen-bond donors (Lipinski definition) is 0. The number of rotatable bonds is 34. The largest absolute Gasteiger partial charge is 0.457 e. The van der Waals surface area contributed by atoms with E-state index in [0.29, 0.717) is 0 Å². The molecule has 2 aromatic carbocycles. The van der Waals surface area contributed by atoms with Crippen molar-refractivity contribution in [1.82, 2.24) is 19.9 Å². The van der Waals surface area contributed by atoms with Crippen LogP contribution in [0.5, 0.6) is 11.5 Å². The molecule has 0 aliphatic rings. The third-order valence-corrected chi connectivity index (χ3v) is 20.2. The van der Waals surface area contributed by atoms with Gasteiger partial charge in [0.15, 0.2) is 11.6 Å². The summed E-state index contributed by atoms with van der Waals surface area (Å²) in [6.07, 6.45) is 38.3. The van der Waals surface area contributed by atoms with Crippen molar-refractivity contribution < 1.29 is 4.74 Å². The lowest BCUT2D eigenvalue weighted by molar-refractivity contribution is 0.469. The Bertz CT molecular complexity index is 1690. The van der Waals surface area contributed by atoms with Crippen molar-refractivity contribution in [3.05, 3.63) is 83.4 Å². The van der Waals surface area contributed by atoms with Gasteiger partial charge in [0, 0.05) is 52.1 Å². The van der Waals surface area contributed by atoms with Crippen molar-refractivity contribution in [3.8, 4) is 34.3 Å². The molecule has 5 nitrogen and oxygen atoms in total. The van der Waals surface area contributed by atoms with Gasteiger partial charge in [-0.2, -0.15) is 0 Å². The molecule has 0 amide bonds. The Labute approximate surface area is 388 Å². The first-order chi connectivity index (χ1) is 30.6. The second-order valence-corrected chi connectivity index (χ2v) is 31.2. The molecule has 0 unspecified atom stereocenters. The first-order valence-corrected chi connectivity index (χ1v) is 33.0. The monoisotopic (exact) mass is 891 g/mol. The van der Waals surface area contributed by atoms with E-state index >= 15 is 0 Å². The summed E-state index contributed by atoms with van der Waals surface area (Å²) in [7, 11) is -2.54. The average Bonchev–Trinajstić information content (AvgIpc) is 3.27. The van der Waals surface area contributed by atoms with E-state index in [0.717, 1.165) is 60.0 Å². The minimum absolute atomic E-state index is 0.803. The smallest absolute Gasteiger partial charge is 0.159 e. The predicted molar refractivity (Wildman–Crippen MR) is 279 cm³/mol. The zero-order chi connectivity index (χ0) is 45.2. The van der Waals surface area contributed by atoms with E-state index in [1.54, 1.807) is 0 Å². The molecule has 0 atom stereocenters. The number of hydrogen-bond acceptors (Lipinski definition) is 5. The molecule has 2 heterocycles. The van der Waals surface area contributed by atoms with Gasteiger partial charge >= 0.3 is 0 Å². The quantitative estimate of drug-likeness (QED) is 0.0345. The lowest BCUT2D eigenvalue weighted by atomic mass is 10.0. The molecule has 63 heavy (non-hydrogen) atoms. The number of aryl methyl sites for hydroxylation is 4. The second kappa shape index (κ2) is 29.4. The highest BCUT2D eigenvalue weighted by molar-refractivity contribution is 6.77. The molecule has 0 saturated carbocycles. The Hall–Kier alpha value is -3.17. The molecular weight excluding hydrogens is 801 g/mol. The Morgan fingerprint density at radius 1 is 0.381 bits per heavy atom. The van der Waals surface area contributed by atoms with Gasteiger partial charge < -0.3 is 4.74 Å². The van der Waals surface area contributed by atoms with Gasteiger partial charge in [-0.1, -0.05) is 194 Å². The van der Waals surface area contributed by atoms with Crippen molar-refractivity contribution in [2.24, 2.45) is 0 Å². The summed E-state index contributed by atoms with van der Waals surface area (Å²) in [6, 6.07) is 18.9. The van der Waals surface area contributed by atoms with Crippen LogP contribution in [0.1, 0.15) is 178 Å². The molecule has 0 spiro atoms. The maximum atomic E-state index is 7.08. The molecule has 0 radical (unpaired) electrons. The van der Waals surface area contributed by atoms with Crippen molar-refractivity contribution in [1.29, 1.82) is 0 Å². The highest BCUT2D eigenvalue weighted by Gasteiger charge is 2.22. The first-order valence-electron chi connectivity index (χ1n) is 26.1. The Balaban J connectivity index is 1.58. The predicted octanol–water partition coefficient (Wildman–Crippen LogP) is 17.9. The van der Waals surface area contributed by atoms with E-state index in [9.17, 15) is 0 Å². The van der Waals surface area contributed by atoms with Crippen LogP contribution in [0.15, 0.2) is 61.2 Å². The molecule has 0 saturated heterocycles. The molecule has 7 heteroatoms. The van der Waals surface area contributed by atoms with E-state index in [1.165, 1.54) is 175 Å². The van der Waals surface area contributed by atoms with E-state index in [-0.39, 0.29) is 0 Å². The van der Waals surface area contributed by atoms with Gasteiger partial charge in [-0.3, -0.25) is 0 Å². The van der Waals surface area contributed by atoms with Crippen LogP contribution in [-0.2, 0) is 25.7 Å². The fourth-order valence-corrected chi connectivity index (χ4v) is 14.3. The lowest BCUT2D eigenvalue weighted by Crippen LogP contribution is -2.24. The molecule has 4 rings (SSSR count). The molecule has 2 aromatic heterocycles. The molecule has 0 N–H and O–H groups in total. The van der Waals surface area contributed by atoms with Crippen LogP contribution >= 0.6 is 0 Å². The Kier molecular flexibility index (Phi) is 24.5. The SMILES string of the molecule is CCCCCCCCc1cnc(-c2ccc(Oc3ccc(-c4ncc(CCCCCCCC)cn4)cc3CCC[Si](C)(C)CCCCC)c(CCC[Si](C)(C)CCCCC)c2)nc1. The van der Waals surface area contributed by atoms with Gasteiger partial charge in [-0.15, -0.1) is 0 Å². The highest BCUT2D eigenvalue weighted by Crippen LogP contribution is 2.36. The topological polar surface area (TPSA) is 60.8 Å². The van der Waals surface area contributed by atoms with Crippen LogP contribution in [0.2, 0.25) is 50.4 Å². The molecule has 0 aliphatic carbocycles. The minimum atomic E-state index is -1.27. The molecule has 0 fully saturated rings. The maximum Gasteiger partial charge on any atom is 0.159 e. The first kappa shape index (κ1) is 52.5. The van der Waals surface area contributed by atoms with Crippen LogP contribution in [0.4, 0.5) is 0 Å². The summed E-state index contributed by atoms with van der Waals surface area (Å²) in [6.45, 7) is 19.5. The van der Waals surface area contributed by atoms with Crippen LogP contribution in [0, 0.1) is 0 Å². The molecule has 0 bridgehead atoms. The van der Waals surface area contributed by atoms with Gasteiger partial charge in [0.25, 0.3) is 0 Å². The number of nitrogens with zero attached hydrogens (tertiary/aromatic N) is 4. The van der Waals surface area contributed by atoms with E-state index in [2.05, 4.69) is 115 Å². The standard InChI is InChI=1S/C56H90N4OSi2/c1-9-13-17-19-21-23-29-47-43-57-55(58-44-47)51-33-35-53(49(41-51)31-27-39-62(5,6)37-25-15-11-3)61-54-36-34-52(42-50(54)32-28-40-63(7,8)38-26-16-12-4)56-59-45-48(46-60-56)30-24-22-20-18-14-10-2/h33-36,41-46H,9-32,37-40H2,1-8H3. The zero-order valence-electron chi connectivity index (χ0n) is 41.8. The third kappa shape index (κ3) is 20.3. The fraction of sp³-hybridized carbons (Fsp3) is 0.643. The van der Waals surface area contributed by atoms with Crippen LogP contribution in [-0.4, -0.2) is 36.1 Å². The van der Waals surface area contributed by atoms with Gasteiger partial charge in [-0.25, -0.2) is 19.9 Å². The Morgan fingerprint density at radius 3 is 1.10 bits per heavy atom. The second-order valence-electron chi connectivity index (χ2n) is 20.6. The zero-order valence-corrected chi connectivity index (χ0v) is 43.8. The summed E-state index contributed by atoms with van der Waals surface area (Å²) in [4.78, 5) is 19.6. The van der Waals surface area contributed by atoms with Crippen molar-refractivity contribution >= 4 is 16.1 Å². The van der Waals surface area contributed by atoms with Gasteiger partial charge in [0.05, 0.1) is 0 Å². The van der Waals surface area contributed by atoms with E-state index < -0.39 is 16.1 Å². The number of unbranched alkanes of at least 4 members (excludes halogenated alkanes) is 14. The van der Waals surface area contributed by atoms with Crippen molar-refractivity contribution in [3.63, 3.8) is 0 Å². The summed E-state index contributed by atoms with van der Waals surface area (Å²) in [5.74, 6) is 3.53. The summed E-state index contributed by atoms with van der Waals surface area (Å²) in [5, 5.41) is 0. The Morgan fingerprint density at radius 2 is 0.714 bits per heavy atom. The van der Waals surface area contributed by atoms with Crippen molar-refractivity contribution in [2.45, 2.75) is 232 Å². The number of ether oxygens (including phenoxy) is 1. The van der Waals surface area contributed by atoms with Crippen LogP contribution in [0.3, 0.4) is 0 Å². The fourth-order valence-electron chi connectivity index (χ4n) is 9.10. The third-order valence-electron chi connectivity index (χ3n) is 13.4. The molecule has 0 aliphatic heterocycles. The maximum absolute atomic E-state index is 7.08. The van der Waals surface area contributed by atoms with E-state index in [4.69, 9.17) is 24.7 Å². The van der Waals surface area contributed by atoms with Gasteiger partial charge in [0.1, 0.15) is 11.5 Å². The highest BCUT2D eigenvalue weighted by atomic mass is 28.3. The normalized spacial score (nSPS) is 12.0. The van der Waals surface area contributed by atoms with Crippen molar-refractivity contribution in [2.75, 3.05) is 0 Å². The summed E-state index contributed by atoms with van der Waals surface area (Å²) >= 11 is 0. The number of aromatic nitrogens is 4. The summed E-state index contributed by atoms with van der Waals surface area (Å²) < 4.78 is 7.08. The van der Waals surface area contributed by atoms with Crippen LogP contribution in [0.25, 0.3) is 22.8 Å². The number of benzene rings is 2. The molecule has 348 valence electrons. The lowest BCUT2D eigenvalue weighted by Gasteiger charge is -2.23. The summed E-state index contributed by atoms with van der Waals surface area (Å²) in [5.41, 5.74) is 7.14. The van der Waals surface area contributed by atoms with Gasteiger partial charge in [0.2, 0.25) is 0 Å². The van der Waals surface area contributed by atoms with Gasteiger partial charge in [-0.05, 0) is 97.2 Å². The van der Waals surface area contributed by atoms with Crippen LogP contribution < -0.4 is 4.74 Å². The molecular formula is C56H90N4OSi2. The average molecular weight is 892 g/mol. The minimum Gasteiger partial charge on any atom is -0.457 e. The molecule has 4 aromatic rings. The van der Waals surface area contributed by atoms with E-state index in [1.807, 2.05) is 0 Å².